The number of amides is 3. The summed E-state index contributed by atoms with van der Waals surface area (Å²) in [7, 11) is 0. The summed E-state index contributed by atoms with van der Waals surface area (Å²) in [5.41, 5.74) is 0. The van der Waals surface area contributed by atoms with Gasteiger partial charge in [-0.3, -0.25) is 9.59 Å². The molecule has 120 valence electrons. The predicted molar refractivity (Wildman–Crippen MR) is 77.9 cm³/mol. The fourth-order valence-corrected chi connectivity index (χ4v) is 2.51. The number of likely N-dealkylation sites (N-methyl/N-ethyl adjacent to an activating group) is 1. The summed E-state index contributed by atoms with van der Waals surface area (Å²) in [6, 6.07) is -0.975. The van der Waals surface area contributed by atoms with Gasteiger partial charge < -0.3 is 20.2 Å². The molecule has 7 nitrogen and oxygen atoms in total. The van der Waals surface area contributed by atoms with Gasteiger partial charge in [-0.15, -0.1) is 0 Å². The Bertz CT molecular complexity index is 396. The monoisotopic (exact) mass is 299 g/mol. The number of rotatable bonds is 5. The highest BCUT2D eigenvalue weighted by molar-refractivity contribution is 5.87. The minimum Gasteiger partial charge on any atom is -0.481 e. The summed E-state index contributed by atoms with van der Waals surface area (Å²) in [6.07, 6.45) is 1.26. The van der Waals surface area contributed by atoms with E-state index in [1.807, 2.05) is 13.8 Å². The Morgan fingerprint density at radius 3 is 2.48 bits per heavy atom. The van der Waals surface area contributed by atoms with Gasteiger partial charge >= 0.3 is 12.0 Å². The maximum atomic E-state index is 12.1. The van der Waals surface area contributed by atoms with E-state index in [1.165, 1.54) is 4.90 Å². The van der Waals surface area contributed by atoms with E-state index in [0.717, 1.165) is 0 Å². The number of nitrogens with zero attached hydrogens (tertiary/aromatic N) is 2. The first-order valence-corrected chi connectivity index (χ1v) is 7.47. The molecule has 1 saturated heterocycles. The number of carbonyl (C=O) groups is 3. The van der Waals surface area contributed by atoms with Gasteiger partial charge in [-0.25, -0.2) is 4.79 Å². The van der Waals surface area contributed by atoms with Crippen molar-refractivity contribution in [2.75, 3.05) is 26.2 Å². The molecule has 0 bridgehead atoms. The van der Waals surface area contributed by atoms with Gasteiger partial charge in [-0.2, -0.15) is 0 Å². The molecule has 0 saturated carbocycles. The van der Waals surface area contributed by atoms with Crippen LogP contribution in [-0.4, -0.2) is 65.0 Å². The number of carbonyl (C=O) groups excluding carboxylic acids is 2. The van der Waals surface area contributed by atoms with Gasteiger partial charge in [-0.05, 0) is 33.6 Å². The van der Waals surface area contributed by atoms with E-state index in [2.05, 4.69) is 5.32 Å². The van der Waals surface area contributed by atoms with E-state index in [-0.39, 0.29) is 18.5 Å². The molecular weight excluding hydrogens is 274 g/mol. The summed E-state index contributed by atoms with van der Waals surface area (Å²) in [5, 5.41) is 11.7. The average Bonchev–Trinajstić information content (AvgIpc) is 2.48. The molecule has 0 aromatic rings. The number of aliphatic carboxylic acids is 1. The van der Waals surface area contributed by atoms with Crippen molar-refractivity contribution < 1.29 is 19.5 Å². The molecule has 2 unspecified atom stereocenters. The highest BCUT2D eigenvalue weighted by atomic mass is 16.4. The average molecular weight is 299 g/mol. The molecule has 1 aliphatic rings. The van der Waals surface area contributed by atoms with Crippen LogP contribution in [-0.2, 0) is 9.59 Å². The number of hydrogen-bond acceptors (Lipinski definition) is 3. The lowest BCUT2D eigenvalue weighted by Gasteiger charge is -2.32. The molecule has 1 heterocycles. The zero-order chi connectivity index (χ0) is 16.0. The second kappa shape index (κ2) is 7.85. The van der Waals surface area contributed by atoms with Crippen LogP contribution in [0.25, 0.3) is 0 Å². The van der Waals surface area contributed by atoms with Crippen LogP contribution < -0.4 is 5.32 Å². The first kappa shape index (κ1) is 17.3. The van der Waals surface area contributed by atoms with Crippen LogP contribution in [0.3, 0.4) is 0 Å². The van der Waals surface area contributed by atoms with Crippen molar-refractivity contribution in [2.24, 2.45) is 5.92 Å². The van der Waals surface area contributed by atoms with Crippen molar-refractivity contribution in [1.29, 1.82) is 0 Å². The molecule has 0 aromatic carbocycles. The predicted octanol–water partition coefficient (Wildman–Crippen LogP) is 0.750. The van der Waals surface area contributed by atoms with Gasteiger partial charge in [0, 0.05) is 26.2 Å². The zero-order valence-corrected chi connectivity index (χ0v) is 13.0. The molecule has 21 heavy (non-hydrogen) atoms. The summed E-state index contributed by atoms with van der Waals surface area (Å²) in [4.78, 5) is 38.4. The Labute approximate surface area is 125 Å². The fraction of sp³-hybridized carbons (Fsp3) is 0.786. The van der Waals surface area contributed by atoms with Crippen molar-refractivity contribution >= 4 is 17.9 Å². The van der Waals surface area contributed by atoms with Gasteiger partial charge in [0.1, 0.15) is 6.04 Å². The fourth-order valence-electron chi connectivity index (χ4n) is 2.51. The highest BCUT2D eigenvalue weighted by Gasteiger charge is 2.29. The van der Waals surface area contributed by atoms with E-state index in [0.29, 0.717) is 32.5 Å². The lowest BCUT2D eigenvalue weighted by Crippen LogP contribution is -2.53. The molecule has 1 rings (SSSR count). The third-order valence-electron chi connectivity index (χ3n) is 3.84. The smallest absolute Gasteiger partial charge is 0.318 e. The first-order valence-electron chi connectivity index (χ1n) is 7.47. The van der Waals surface area contributed by atoms with Crippen molar-refractivity contribution in [3.63, 3.8) is 0 Å². The Morgan fingerprint density at radius 1 is 1.33 bits per heavy atom. The lowest BCUT2D eigenvalue weighted by molar-refractivity contribution is -0.143. The minimum atomic E-state index is -0.875. The number of nitrogens with one attached hydrogen (secondary N) is 1. The lowest BCUT2D eigenvalue weighted by atomic mass is 9.99. The molecule has 0 radical (unpaired) electrons. The number of urea groups is 1. The van der Waals surface area contributed by atoms with E-state index in [9.17, 15) is 14.4 Å². The normalized spacial score (nSPS) is 19.8. The Balaban J connectivity index is 2.55. The quantitative estimate of drug-likeness (QED) is 0.784. The van der Waals surface area contributed by atoms with Crippen LogP contribution in [0.1, 0.15) is 33.6 Å². The van der Waals surface area contributed by atoms with Gasteiger partial charge in [0.2, 0.25) is 5.91 Å². The van der Waals surface area contributed by atoms with Crippen LogP contribution in [0.4, 0.5) is 4.79 Å². The summed E-state index contributed by atoms with van der Waals surface area (Å²) in [6.45, 7) is 7.35. The summed E-state index contributed by atoms with van der Waals surface area (Å²) >= 11 is 0. The van der Waals surface area contributed by atoms with Crippen LogP contribution in [0.2, 0.25) is 0 Å². The van der Waals surface area contributed by atoms with E-state index in [1.54, 1.807) is 11.8 Å². The maximum absolute atomic E-state index is 12.1. The topological polar surface area (TPSA) is 90.0 Å². The third kappa shape index (κ3) is 4.61. The Kier molecular flexibility index (Phi) is 6.45. The van der Waals surface area contributed by atoms with Crippen LogP contribution in [0.15, 0.2) is 0 Å². The number of hydrogen-bond donors (Lipinski definition) is 2. The molecule has 3 amide bonds. The second-order valence-corrected chi connectivity index (χ2v) is 5.31. The molecule has 2 N–H and O–H groups in total. The molecule has 0 aromatic heterocycles. The first-order chi connectivity index (χ1) is 9.90. The molecule has 0 spiro atoms. The van der Waals surface area contributed by atoms with E-state index in [4.69, 9.17) is 5.11 Å². The van der Waals surface area contributed by atoms with Crippen molar-refractivity contribution in [3.8, 4) is 0 Å². The van der Waals surface area contributed by atoms with E-state index >= 15 is 0 Å². The minimum absolute atomic E-state index is 0.125. The molecule has 0 aliphatic carbocycles. The largest absolute Gasteiger partial charge is 0.481 e. The standard InChI is InChI=1S/C14H25N3O4/c1-4-16(5-2)12(18)10(3)15-14(21)17-8-6-7-11(9-17)13(19)20/h10-11H,4-9H2,1-3H3,(H,15,21)(H,19,20). The summed E-state index contributed by atoms with van der Waals surface area (Å²) < 4.78 is 0. The van der Waals surface area contributed by atoms with Crippen LogP contribution in [0, 0.1) is 5.92 Å². The van der Waals surface area contributed by atoms with Crippen molar-refractivity contribution in [2.45, 2.75) is 39.7 Å². The maximum Gasteiger partial charge on any atom is 0.318 e. The van der Waals surface area contributed by atoms with Crippen LogP contribution in [0.5, 0.6) is 0 Å². The third-order valence-corrected chi connectivity index (χ3v) is 3.84. The summed E-state index contributed by atoms with van der Waals surface area (Å²) in [5.74, 6) is -1.52. The molecule has 1 fully saturated rings. The number of carboxylic acid groups (broad SMARTS) is 1. The van der Waals surface area contributed by atoms with Crippen molar-refractivity contribution in [1.82, 2.24) is 15.1 Å². The van der Waals surface area contributed by atoms with Gasteiger partial charge in [0.15, 0.2) is 0 Å². The second-order valence-electron chi connectivity index (χ2n) is 5.31. The van der Waals surface area contributed by atoms with Gasteiger partial charge in [0.25, 0.3) is 0 Å². The van der Waals surface area contributed by atoms with Gasteiger partial charge in [0.05, 0.1) is 5.92 Å². The number of piperidine rings is 1. The van der Waals surface area contributed by atoms with Crippen molar-refractivity contribution in [3.05, 3.63) is 0 Å². The van der Waals surface area contributed by atoms with Crippen LogP contribution >= 0.6 is 0 Å². The Morgan fingerprint density at radius 2 is 1.95 bits per heavy atom. The van der Waals surface area contributed by atoms with E-state index < -0.39 is 17.9 Å². The number of likely N-dealkylation sites (tertiary alicyclic amines) is 1. The molecule has 2 atom stereocenters. The molecule has 7 heteroatoms. The zero-order valence-electron chi connectivity index (χ0n) is 13.0. The highest BCUT2D eigenvalue weighted by Crippen LogP contribution is 2.16. The number of carboxylic acids is 1. The SMILES string of the molecule is CCN(CC)C(=O)C(C)NC(=O)N1CCCC(C(=O)O)C1. The Hall–Kier alpha value is -1.79. The van der Waals surface area contributed by atoms with Gasteiger partial charge in [-0.1, -0.05) is 0 Å². The molecular formula is C14H25N3O4. The molecule has 1 aliphatic heterocycles.